The number of carbonyl (C=O) groups excluding carboxylic acids is 1. The number of hydrogen-bond donors (Lipinski definition) is 2. The lowest BCUT2D eigenvalue weighted by Gasteiger charge is -2.12. The molecule has 2 aromatic rings. The summed E-state index contributed by atoms with van der Waals surface area (Å²) in [4.78, 5) is 18.6. The zero-order chi connectivity index (χ0) is 14.7. The predicted molar refractivity (Wildman–Crippen MR) is 88.8 cm³/mol. The van der Waals surface area contributed by atoms with Crippen LogP contribution in [0, 0.1) is 0 Å². The lowest BCUT2D eigenvalue weighted by atomic mass is 10.2. The Balaban J connectivity index is 2.12. The summed E-state index contributed by atoms with van der Waals surface area (Å²) in [7, 11) is 0. The normalized spacial score (nSPS) is 12.2. The molecule has 2 rings (SSSR count). The van der Waals surface area contributed by atoms with E-state index in [1.165, 1.54) is 4.88 Å². The Morgan fingerprint density at radius 2 is 2.30 bits per heavy atom. The maximum atomic E-state index is 12.3. The average Bonchev–Trinajstić information content (AvgIpc) is 2.90. The largest absolute Gasteiger partial charge is 0.343 e. The molecule has 0 radical (unpaired) electrons. The molecule has 1 atom stereocenters. The van der Waals surface area contributed by atoms with Crippen LogP contribution in [0.2, 0.25) is 0 Å². The fraction of sp³-hybridized carbons (Fsp3) is 0.286. The standard InChI is InChI=1S/C14H15BrN2OS2/c1-3-10-7-16-14(20-10)8(2)17-13(18)11-6-9(19)4-5-12(11)15/h4-8,19H,3H2,1-2H3,(H,17,18). The lowest BCUT2D eigenvalue weighted by Crippen LogP contribution is -2.26. The highest BCUT2D eigenvalue weighted by Gasteiger charge is 2.16. The van der Waals surface area contributed by atoms with Crippen molar-refractivity contribution in [2.45, 2.75) is 31.2 Å². The first-order chi connectivity index (χ1) is 9.51. The first kappa shape index (κ1) is 15.5. The van der Waals surface area contributed by atoms with Gasteiger partial charge in [-0.05, 0) is 47.5 Å². The Hall–Kier alpha value is -0.850. The van der Waals surface area contributed by atoms with E-state index in [1.807, 2.05) is 25.3 Å². The number of aryl methyl sites for hydroxylation is 1. The van der Waals surface area contributed by atoms with Crippen molar-refractivity contribution < 1.29 is 4.79 Å². The van der Waals surface area contributed by atoms with Crippen molar-refractivity contribution in [1.82, 2.24) is 10.3 Å². The molecule has 1 N–H and O–H groups in total. The van der Waals surface area contributed by atoms with E-state index in [0.29, 0.717) is 5.56 Å². The first-order valence-electron chi connectivity index (χ1n) is 6.25. The van der Waals surface area contributed by atoms with Gasteiger partial charge in [-0.25, -0.2) is 4.98 Å². The number of benzene rings is 1. The third kappa shape index (κ3) is 3.62. The molecule has 0 aliphatic heterocycles. The summed E-state index contributed by atoms with van der Waals surface area (Å²) in [5.74, 6) is -0.131. The Morgan fingerprint density at radius 1 is 1.55 bits per heavy atom. The molecule has 0 aliphatic rings. The van der Waals surface area contributed by atoms with Crippen LogP contribution >= 0.6 is 39.9 Å². The van der Waals surface area contributed by atoms with Crippen LogP contribution in [0.5, 0.6) is 0 Å². The van der Waals surface area contributed by atoms with Crippen LogP contribution in [0.15, 0.2) is 33.8 Å². The van der Waals surface area contributed by atoms with Gasteiger partial charge in [0.2, 0.25) is 0 Å². The van der Waals surface area contributed by atoms with Crippen molar-refractivity contribution in [3.05, 3.63) is 44.3 Å². The van der Waals surface area contributed by atoms with Crippen molar-refractivity contribution >= 4 is 45.8 Å². The number of nitrogens with one attached hydrogen (secondary N) is 1. The number of hydrogen-bond acceptors (Lipinski definition) is 4. The second kappa shape index (κ2) is 6.74. The van der Waals surface area contributed by atoms with Crippen molar-refractivity contribution in [2.75, 3.05) is 0 Å². The van der Waals surface area contributed by atoms with E-state index in [-0.39, 0.29) is 11.9 Å². The van der Waals surface area contributed by atoms with Gasteiger partial charge in [-0.2, -0.15) is 0 Å². The number of carbonyl (C=O) groups is 1. The van der Waals surface area contributed by atoms with Gasteiger partial charge in [-0.15, -0.1) is 24.0 Å². The third-order valence-corrected chi connectivity index (χ3v) is 5.13. The minimum atomic E-state index is -0.131. The minimum absolute atomic E-state index is 0.108. The number of aromatic nitrogens is 1. The lowest BCUT2D eigenvalue weighted by molar-refractivity contribution is 0.0939. The molecule has 0 fully saturated rings. The fourth-order valence-electron chi connectivity index (χ4n) is 1.71. The maximum absolute atomic E-state index is 12.3. The van der Waals surface area contributed by atoms with Crippen LogP contribution in [0.4, 0.5) is 0 Å². The van der Waals surface area contributed by atoms with E-state index in [9.17, 15) is 4.79 Å². The molecule has 6 heteroatoms. The SMILES string of the molecule is CCc1cnc(C(C)NC(=O)c2cc(S)ccc2Br)s1. The number of nitrogens with zero attached hydrogens (tertiary/aromatic N) is 1. The van der Waals surface area contributed by atoms with Crippen molar-refractivity contribution in [2.24, 2.45) is 0 Å². The Bertz CT molecular complexity index is 627. The molecule has 1 unspecified atom stereocenters. The summed E-state index contributed by atoms with van der Waals surface area (Å²) in [5.41, 5.74) is 0.580. The highest BCUT2D eigenvalue weighted by Crippen LogP contribution is 2.23. The zero-order valence-corrected chi connectivity index (χ0v) is 14.5. The van der Waals surface area contributed by atoms with Crippen LogP contribution in [-0.2, 0) is 6.42 Å². The molecule has 0 spiro atoms. The Morgan fingerprint density at radius 3 is 2.95 bits per heavy atom. The molecule has 0 saturated heterocycles. The maximum Gasteiger partial charge on any atom is 0.253 e. The number of thiol groups is 1. The van der Waals surface area contributed by atoms with Gasteiger partial charge >= 0.3 is 0 Å². The molecule has 3 nitrogen and oxygen atoms in total. The molecule has 1 heterocycles. The molecule has 1 aromatic carbocycles. The van der Waals surface area contributed by atoms with Crippen LogP contribution < -0.4 is 5.32 Å². The van der Waals surface area contributed by atoms with E-state index < -0.39 is 0 Å². The molecule has 1 amide bonds. The van der Waals surface area contributed by atoms with Crippen LogP contribution in [0.1, 0.15) is 40.1 Å². The number of halogens is 1. The summed E-state index contributed by atoms with van der Waals surface area (Å²) in [6.07, 6.45) is 2.83. The van der Waals surface area contributed by atoms with Gasteiger partial charge in [0.05, 0.1) is 11.6 Å². The summed E-state index contributed by atoms with van der Waals surface area (Å²) in [6.45, 7) is 4.03. The zero-order valence-electron chi connectivity index (χ0n) is 11.2. The molecule has 20 heavy (non-hydrogen) atoms. The highest BCUT2D eigenvalue weighted by atomic mass is 79.9. The molecular formula is C14H15BrN2OS2. The van der Waals surface area contributed by atoms with Gasteiger partial charge in [-0.3, -0.25) is 4.79 Å². The van der Waals surface area contributed by atoms with E-state index in [2.05, 4.69) is 45.8 Å². The van der Waals surface area contributed by atoms with Gasteiger partial charge in [0.1, 0.15) is 5.01 Å². The smallest absolute Gasteiger partial charge is 0.253 e. The topological polar surface area (TPSA) is 42.0 Å². The van der Waals surface area contributed by atoms with E-state index in [4.69, 9.17) is 0 Å². The number of rotatable bonds is 4. The van der Waals surface area contributed by atoms with E-state index in [1.54, 1.807) is 17.4 Å². The van der Waals surface area contributed by atoms with Crippen LogP contribution in [0.25, 0.3) is 0 Å². The molecule has 0 aliphatic carbocycles. The Labute approximate surface area is 136 Å². The van der Waals surface area contributed by atoms with Gasteiger partial charge < -0.3 is 5.32 Å². The first-order valence-corrected chi connectivity index (χ1v) is 8.31. The van der Waals surface area contributed by atoms with Gasteiger partial charge in [0.25, 0.3) is 5.91 Å². The van der Waals surface area contributed by atoms with Crippen LogP contribution in [-0.4, -0.2) is 10.9 Å². The second-order valence-corrected chi connectivity index (χ2v) is 6.90. The van der Waals surface area contributed by atoms with E-state index in [0.717, 1.165) is 20.8 Å². The highest BCUT2D eigenvalue weighted by molar-refractivity contribution is 9.10. The molecule has 1 aromatic heterocycles. The predicted octanol–water partition coefficient (Wildman–Crippen LogP) is 4.25. The van der Waals surface area contributed by atoms with Gasteiger partial charge in [-0.1, -0.05) is 6.92 Å². The van der Waals surface area contributed by atoms with Gasteiger partial charge in [0, 0.05) is 20.4 Å². The summed E-state index contributed by atoms with van der Waals surface area (Å²) in [5, 5.41) is 3.89. The Kier molecular flexibility index (Phi) is 5.23. The fourth-order valence-corrected chi connectivity index (χ4v) is 3.20. The van der Waals surface area contributed by atoms with E-state index >= 15 is 0 Å². The molecule has 106 valence electrons. The second-order valence-electron chi connectivity index (χ2n) is 4.38. The minimum Gasteiger partial charge on any atom is -0.343 e. The quantitative estimate of drug-likeness (QED) is 0.789. The number of amides is 1. The molecule has 0 saturated carbocycles. The van der Waals surface area contributed by atoms with Crippen LogP contribution in [0.3, 0.4) is 0 Å². The monoisotopic (exact) mass is 370 g/mol. The third-order valence-electron chi connectivity index (χ3n) is 2.83. The van der Waals surface area contributed by atoms with Crippen molar-refractivity contribution in [3.8, 4) is 0 Å². The summed E-state index contributed by atoms with van der Waals surface area (Å²) in [6, 6.07) is 5.29. The van der Waals surface area contributed by atoms with Gasteiger partial charge in [0.15, 0.2) is 0 Å². The summed E-state index contributed by atoms with van der Waals surface area (Å²) >= 11 is 9.28. The van der Waals surface area contributed by atoms with Crippen molar-refractivity contribution in [3.63, 3.8) is 0 Å². The molecular weight excluding hydrogens is 356 g/mol. The summed E-state index contributed by atoms with van der Waals surface area (Å²) < 4.78 is 0.758. The molecule has 0 bridgehead atoms. The van der Waals surface area contributed by atoms with Crippen molar-refractivity contribution in [1.29, 1.82) is 0 Å². The number of thiazole rings is 1. The average molecular weight is 371 g/mol.